The van der Waals surface area contributed by atoms with Crippen LogP contribution in [0.3, 0.4) is 0 Å². The van der Waals surface area contributed by atoms with Gasteiger partial charge in [-0.15, -0.1) is 0 Å². The molecule has 1 aliphatic carbocycles. The molecule has 2 unspecified atom stereocenters. The average Bonchev–Trinajstić information content (AvgIpc) is 2.49. The largest absolute Gasteiger partial charge is 0.385 e. The SMILES string of the molecule is CCOC1CC(NC(=NC)NCCCOC)C1(CC)CC. The lowest BCUT2D eigenvalue weighted by Gasteiger charge is -2.55. The summed E-state index contributed by atoms with van der Waals surface area (Å²) in [4.78, 5) is 4.33. The van der Waals surface area contributed by atoms with Crippen molar-refractivity contribution >= 4 is 5.96 Å². The van der Waals surface area contributed by atoms with Crippen LogP contribution in [-0.4, -0.2) is 52.0 Å². The molecule has 0 amide bonds. The van der Waals surface area contributed by atoms with Crippen molar-refractivity contribution in [2.24, 2.45) is 10.4 Å². The summed E-state index contributed by atoms with van der Waals surface area (Å²) < 4.78 is 11.0. The molecular formula is C16H33N3O2. The van der Waals surface area contributed by atoms with Gasteiger partial charge in [0.05, 0.1) is 6.10 Å². The zero-order valence-corrected chi connectivity index (χ0v) is 14.4. The fourth-order valence-corrected chi connectivity index (χ4v) is 3.37. The molecule has 5 nitrogen and oxygen atoms in total. The Bertz CT molecular complexity index is 317. The van der Waals surface area contributed by atoms with E-state index in [1.165, 1.54) is 0 Å². The number of guanidine groups is 1. The van der Waals surface area contributed by atoms with Gasteiger partial charge in [-0.05, 0) is 32.6 Å². The molecule has 21 heavy (non-hydrogen) atoms. The minimum atomic E-state index is 0.236. The van der Waals surface area contributed by atoms with Crippen molar-refractivity contribution in [1.29, 1.82) is 0 Å². The Hall–Kier alpha value is -0.810. The molecule has 0 aromatic rings. The topological polar surface area (TPSA) is 54.9 Å². The van der Waals surface area contributed by atoms with Crippen LogP contribution in [0.15, 0.2) is 4.99 Å². The zero-order chi connectivity index (χ0) is 15.7. The van der Waals surface area contributed by atoms with Crippen LogP contribution in [0.5, 0.6) is 0 Å². The van der Waals surface area contributed by atoms with Crippen molar-refractivity contribution in [2.75, 3.05) is 33.9 Å². The van der Waals surface area contributed by atoms with Crippen molar-refractivity contribution in [1.82, 2.24) is 10.6 Å². The van der Waals surface area contributed by atoms with Gasteiger partial charge in [0.15, 0.2) is 5.96 Å². The molecule has 5 heteroatoms. The molecule has 1 aliphatic rings. The number of rotatable bonds is 9. The summed E-state index contributed by atoms with van der Waals surface area (Å²) >= 11 is 0. The second-order valence-corrected chi connectivity index (χ2v) is 5.66. The maximum absolute atomic E-state index is 5.92. The number of methoxy groups -OCH3 is 1. The van der Waals surface area contributed by atoms with Crippen LogP contribution in [-0.2, 0) is 9.47 Å². The van der Waals surface area contributed by atoms with Gasteiger partial charge in [-0.2, -0.15) is 0 Å². The summed E-state index contributed by atoms with van der Waals surface area (Å²) in [5, 5.41) is 6.93. The fraction of sp³-hybridized carbons (Fsp3) is 0.938. The number of nitrogens with zero attached hydrogens (tertiary/aromatic N) is 1. The molecule has 1 saturated carbocycles. The number of nitrogens with one attached hydrogen (secondary N) is 2. The summed E-state index contributed by atoms with van der Waals surface area (Å²) in [6.07, 6.45) is 4.69. The molecule has 0 aromatic carbocycles. The van der Waals surface area contributed by atoms with E-state index in [9.17, 15) is 0 Å². The van der Waals surface area contributed by atoms with Crippen LogP contribution in [0.1, 0.15) is 46.5 Å². The van der Waals surface area contributed by atoms with Crippen LogP contribution in [0.4, 0.5) is 0 Å². The molecule has 0 heterocycles. The van der Waals surface area contributed by atoms with Gasteiger partial charge < -0.3 is 20.1 Å². The van der Waals surface area contributed by atoms with Crippen LogP contribution in [0, 0.1) is 5.41 Å². The Morgan fingerprint density at radius 2 is 2.00 bits per heavy atom. The van der Waals surface area contributed by atoms with E-state index in [1.807, 2.05) is 7.05 Å². The summed E-state index contributed by atoms with van der Waals surface area (Å²) in [5.41, 5.74) is 0.236. The third-order valence-electron chi connectivity index (χ3n) is 4.82. The molecule has 1 fully saturated rings. The molecule has 1 rings (SSSR count). The van der Waals surface area contributed by atoms with Gasteiger partial charge in [0.2, 0.25) is 0 Å². The highest BCUT2D eigenvalue weighted by atomic mass is 16.5. The van der Waals surface area contributed by atoms with E-state index in [4.69, 9.17) is 9.47 Å². The van der Waals surface area contributed by atoms with Gasteiger partial charge in [-0.25, -0.2) is 0 Å². The third kappa shape index (κ3) is 4.33. The predicted molar refractivity (Wildman–Crippen MR) is 87.8 cm³/mol. The maximum Gasteiger partial charge on any atom is 0.191 e. The monoisotopic (exact) mass is 299 g/mol. The Labute approximate surface area is 129 Å². The normalized spacial score (nSPS) is 24.5. The molecule has 0 aromatic heterocycles. The van der Waals surface area contributed by atoms with E-state index in [1.54, 1.807) is 7.11 Å². The van der Waals surface area contributed by atoms with Gasteiger partial charge in [0, 0.05) is 45.4 Å². The van der Waals surface area contributed by atoms with Gasteiger partial charge >= 0.3 is 0 Å². The summed E-state index contributed by atoms with van der Waals surface area (Å²) in [6, 6.07) is 0.442. The highest BCUT2D eigenvalue weighted by Gasteiger charge is 2.53. The second-order valence-electron chi connectivity index (χ2n) is 5.66. The third-order valence-corrected chi connectivity index (χ3v) is 4.82. The second kappa shape index (κ2) is 9.26. The van der Waals surface area contributed by atoms with E-state index in [2.05, 4.69) is 36.4 Å². The Balaban J connectivity index is 2.52. The van der Waals surface area contributed by atoms with Crippen LogP contribution >= 0.6 is 0 Å². The first-order chi connectivity index (χ1) is 10.2. The molecule has 0 aliphatic heterocycles. The van der Waals surface area contributed by atoms with Gasteiger partial charge in [-0.3, -0.25) is 4.99 Å². The van der Waals surface area contributed by atoms with Crippen LogP contribution < -0.4 is 10.6 Å². The number of aliphatic imine (C=N–C) groups is 1. The molecule has 0 saturated heterocycles. The average molecular weight is 299 g/mol. The van der Waals surface area contributed by atoms with Crippen molar-refractivity contribution < 1.29 is 9.47 Å². The summed E-state index contributed by atoms with van der Waals surface area (Å²) in [5.74, 6) is 0.886. The molecule has 0 radical (unpaired) electrons. The quantitative estimate of drug-likeness (QED) is 0.389. The first kappa shape index (κ1) is 18.2. The lowest BCUT2D eigenvalue weighted by atomic mass is 9.58. The Kier molecular flexibility index (Phi) is 8.04. The highest BCUT2D eigenvalue weighted by molar-refractivity contribution is 5.80. The lowest BCUT2D eigenvalue weighted by Crippen LogP contribution is -2.65. The lowest BCUT2D eigenvalue weighted by molar-refractivity contribution is -0.133. The maximum atomic E-state index is 5.92. The van der Waals surface area contributed by atoms with Gasteiger partial charge in [0.1, 0.15) is 0 Å². The Morgan fingerprint density at radius 1 is 1.29 bits per heavy atom. The van der Waals surface area contributed by atoms with E-state index < -0.39 is 0 Å². The summed E-state index contributed by atoms with van der Waals surface area (Å²) in [6.45, 7) is 9.04. The molecule has 0 bridgehead atoms. The minimum Gasteiger partial charge on any atom is -0.385 e. The number of hydrogen-bond acceptors (Lipinski definition) is 3. The fourth-order valence-electron chi connectivity index (χ4n) is 3.37. The van der Waals surface area contributed by atoms with Gasteiger partial charge in [0.25, 0.3) is 0 Å². The predicted octanol–water partition coefficient (Wildman–Crippen LogP) is 2.17. The van der Waals surface area contributed by atoms with Gasteiger partial charge in [-0.1, -0.05) is 13.8 Å². The zero-order valence-electron chi connectivity index (χ0n) is 14.4. The molecule has 124 valence electrons. The Morgan fingerprint density at radius 3 is 2.52 bits per heavy atom. The molecule has 2 atom stereocenters. The van der Waals surface area contributed by atoms with Crippen LogP contribution in [0.25, 0.3) is 0 Å². The molecule has 2 N–H and O–H groups in total. The molecular weight excluding hydrogens is 266 g/mol. The standard InChI is InChI=1S/C16H33N3O2/c1-6-16(7-2)13(12-14(16)21-8-3)19-15(17-4)18-10-9-11-20-5/h13-14H,6-12H2,1-5H3,(H2,17,18,19). The first-order valence-corrected chi connectivity index (χ1v) is 8.26. The van der Waals surface area contributed by atoms with Crippen LogP contribution in [0.2, 0.25) is 0 Å². The summed E-state index contributed by atoms with van der Waals surface area (Å²) in [7, 11) is 3.55. The van der Waals surface area contributed by atoms with Crippen molar-refractivity contribution in [2.45, 2.75) is 58.6 Å². The van der Waals surface area contributed by atoms with Crippen molar-refractivity contribution in [3.8, 4) is 0 Å². The highest BCUT2D eigenvalue weighted by Crippen LogP contribution is 2.48. The van der Waals surface area contributed by atoms with E-state index in [-0.39, 0.29) is 5.41 Å². The smallest absolute Gasteiger partial charge is 0.191 e. The van der Waals surface area contributed by atoms with E-state index in [0.717, 1.165) is 51.4 Å². The number of ether oxygens (including phenoxy) is 2. The van der Waals surface area contributed by atoms with E-state index >= 15 is 0 Å². The molecule has 0 spiro atoms. The first-order valence-electron chi connectivity index (χ1n) is 8.26. The minimum absolute atomic E-state index is 0.236. The number of hydrogen-bond donors (Lipinski definition) is 2. The van der Waals surface area contributed by atoms with E-state index in [0.29, 0.717) is 12.1 Å². The van der Waals surface area contributed by atoms with Crippen molar-refractivity contribution in [3.63, 3.8) is 0 Å². The van der Waals surface area contributed by atoms with Crippen molar-refractivity contribution in [3.05, 3.63) is 0 Å².